The molecule has 0 fully saturated rings. The van der Waals surface area contributed by atoms with Gasteiger partial charge in [0.25, 0.3) is 5.91 Å². The number of aromatic nitrogens is 2. The van der Waals surface area contributed by atoms with E-state index in [1.165, 1.54) is 22.4 Å². The molecule has 1 aliphatic rings. The van der Waals surface area contributed by atoms with Gasteiger partial charge in [-0.15, -0.1) is 12.4 Å². The Morgan fingerprint density at radius 1 is 0.919 bits per heavy atom. The molecule has 5 nitrogen and oxygen atoms in total. The molecule has 0 atom stereocenters. The topological polar surface area (TPSA) is 58.1 Å². The molecule has 0 saturated carbocycles. The van der Waals surface area contributed by atoms with E-state index in [9.17, 15) is 4.79 Å². The number of carbonyl (C=O) groups excluding carboxylic acids is 1. The highest BCUT2D eigenvalue weighted by molar-refractivity contribution is 6.04. The second-order valence-corrected chi connectivity index (χ2v) is 9.05. The maximum Gasteiger partial charge on any atom is 0.255 e. The minimum atomic E-state index is -0.130. The Balaban J connectivity index is 0.00000320. The van der Waals surface area contributed by atoms with Gasteiger partial charge in [0.1, 0.15) is 0 Å². The quantitative estimate of drug-likeness (QED) is 0.273. The van der Waals surface area contributed by atoms with Gasteiger partial charge < -0.3 is 10.2 Å². The Morgan fingerprint density at radius 2 is 1.70 bits per heavy atom. The maximum atomic E-state index is 12.8. The van der Waals surface area contributed by atoms with E-state index < -0.39 is 0 Å². The van der Waals surface area contributed by atoms with Crippen LogP contribution in [0.25, 0.3) is 17.5 Å². The number of hydrogen-bond acceptors (Lipinski definition) is 4. The van der Waals surface area contributed by atoms with Crippen molar-refractivity contribution < 1.29 is 4.79 Å². The highest BCUT2D eigenvalue weighted by Gasteiger charge is 2.17. The fourth-order valence-electron chi connectivity index (χ4n) is 4.62. The minimum Gasteiger partial charge on any atom is -0.374 e. The van der Waals surface area contributed by atoms with Gasteiger partial charge in [-0.05, 0) is 65.9 Å². The van der Waals surface area contributed by atoms with Crippen LogP contribution in [-0.2, 0) is 12.8 Å². The zero-order chi connectivity index (χ0) is 24.7. The molecule has 1 aliphatic carbocycles. The van der Waals surface area contributed by atoms with Gasteiger partial charge in [-0.1, -0.05) is 55.5 Å². The van der Waals surface area contributed by atoms with Gasteiger partial charge in [-0.2, -0.15) is 0 Å². The number of halogens is 1. The second kappa shape index (κ2) is 12.3. The van der Waals surface area contributed by atoms with Gasteiger partial charge in [0.05, 0.1) is 0 Å². The zero-order valence-corrected chi connectivity index (χ0v) is 21.7. The Hall–Kier alpha value is -3.96. The van der Waals surface area contributed by atoms with Crippen molar-refractivity contribution in [2.75, 3.05) is 18.4 Å². The third-order valence-electron chi connectivity index (χ3n) is 6.47. The smallest absolute Gasteiger partial charge is 0.255 e. The summed E-state index contributed by atoms with van der Waals surface area (Å²) in [7, 11) is 0. The van der Waals surface area contributed by atoms with Crippen molar-refractivity contribution in [3.63, 3.8) is 0 Å². The first-order valence-electron chi connectivity index (χ1n) is 12.5. The molecule has 0 spiro atoms. The van der Waals surface area contributed by atoms with Crippen LogP contribution in [0.5, 0.6) is 0 Å². The molecule has 0 saturated heterocycles. The van der Waals surface area contributed by atoms with Gasteiger partial charge in [0, 0.05) is 54.4 Å². The molecule has 1 aromatic heterocycles. The molecular formula is C31H31ClN4O. The number of amides is 1. The number of benzene rings is 3. The predicted octanol–water partition coefficient (Wildman–Crippen LogP) is 6.67. The monoisotopic (exact) mass is 510 g/mol. The maximum absolute atomic E-state index is 12.8. The number of allylic oxidation sites excluding steroid dienone is 1. The Kier molecular flexibility index (Phi) is 8.70. The van der Waals surface area contributed by atoms with Crippen LogP contribution in [0.1, 0.15) is 40.4 Å². The van der Waals surface area contributed by atoms with Crippen LogP contribution in [0.2, 0.25) is 0 Å². The molecule has 3 aromatic carbocycles. The van der Waals surface area contributed by atoms with Gasteiger partial charge in [-0.3, -0.25) is 4.79 Å². The van der Waals surface area contributed by atoms with Crippen LogP contribution < -0.4 is 5.32 Å². The van der Waals surface area contributed by atoms with Crippen molar-refractivity contribution in [1.29, 1.82) is 0 Å². The highest BCUT2D eigenvalue weighted by Crippen LogP contribution is 2.27. The average Bonchev–Trinajstić information content (AvgIpc) is 3.36. The zero-order valence-electron chi connectivity index (χ0n) is 20.9. The summed E-state index contributed by atoms with van der Waals surface area (Å²) in [5.41, 5.74) is 7.63. The highest BCUT2D eigenvalue weighted by atomic mass is 35.5. The van der Waals surface area contributed by atoms with E-state index in [4.69, 9.17) is 0 Å². The van der Waals surface area contributed by atoms with E-state index >= 15 is 0 Å². The number of nitrogens with one attached hydrogen (secondary N) is 1. The first-order valence-corrected chi connectivity index (χ1v) is 12.5. The fourth-order valence-corrected chi connectivity index (χ4v) is 4.62. The fraction of sp³-hybridized carbons (Fsp3) is 0.194. The third kappa shape index (κ3) is 6.43. The minimum absolute atomic E-state index is 0. The van der Waals surface area contributed by atoms with Crippen LogP contribution in [-0.4, -0.2) is 33.9 Å². The van der Waals surface area contributed by atoms with Crippen LogP contribution in [0.4, 0.5) is 5.69 Å². The predicted molar refractivity (Wildman–Crippen MR) is 153 cm³/mol. The molecule has 4 aromatic rings. The summed E-state index contributed by atoms with van der Waals surface area (Å²) >= 11 is 0. The second-order valence-electron chi connectivity index (χ2n) is 9.05. The van der Waals surface area contributed by atoms with Crippen molar-refractivity contribution in [2.45, 2.75) is 26.2 Å². The Morgan fingerprint density at radius 3 is 2.46 bits per heavy atom. The molecule has 188 valence electrons. The summed E-state index contributed by atoms with van der Waals surface area (Å²) in [5.74, 6) is 0.515. The summed E-state index contributed by atoms with van der Waals surface area (Å²) in [6.07, 6.45) is 8.78. The molecule has 1 N–H and O–H groups in total. The van der Waals surface area contributed by atoms with E-state index in [2.05, 4.69) is 69.6 Å². The van der Waals surface area contributed by atoms with Crippen molar-refractivity contribution in [3.8, 4) is 11.4 Å². The average molecular weight is 511 g/mol. The first kappa shape index (κ1) is 26.1. The number of fused-ring (bicyclic) bond motifs is 1. The largest absolute Gasteiger partial charge is 0.374 e. The van der Waals surface area contributed by atoms with Crippen molar-refractivity contribution in [2.24, 2.45) is 0 Å². The van der Waals surface area contributed by atoms with Crippen LogP contribution >= 0.6 is 12.4 Å². The van der Waals surface area contributed by atoms with Crippen molar-refractivity contribution in [3.05, 3.63) is 119 Å². The van der Waals surface area contributed by atoms with Crippen molar-refractivity contribution >= 4 is 30.1 Å². The lowest BCUT2D eigenvalue weighted by molar-refractivity contribution is 0.102. The molecule has 0 aliphatic heterocycles. The van der Waals surface area contributed by atoms with Crippen LogP contribution in [0.3, 0.4) is 0 Å². The summed E-state index contributed by atoms with van der Waals surface area (Å²) in [6.45, 7) is 4.22. The molecule has 6 heteroatoms. The molecule has 1 amide bonds. The van der Waals surface area contributed by atoms with Gasteiger partial charge in [-0.25, -0.2) is 9.97 Å². The molecule has 0 bridgehead atoms. The molecule has 0 unspecified atom stereocenters. The van der Waals surface area contributed by atoms with E-state index in [-0.39, 0.29) is 18.3 Å². The summed E-state index contributed by atoms with van der Waals surface area (Å²) < 4.78 is 0. The lowest BCUT2D eigenvalue weighted by Crippen LogP contribution is -2.26. The molecule has 37 heavy (non-hydrogen) atoms. The van der Waals surface area contributed by atoms with E-state index in [1.807, 2.05) is 24.3 Å². The van der Waals surface area contributed by atoms with E-state index in [1.54, 1.807) is 30.6 Å². The number of carbonyl (C=O) groups is 1. The van der Waals surface area contributed by atoms with Crippen molar-refractivity contribution in [1.82, 2.24) is 14.9 Å². The van der Waals surface area contributed by atoms with Crippen LogP contribution in [0, 0.1) is 0 Å². The van der Waals surface area contributed by atoms with E-state index in [0.29, 0.717) is 11.4 Å². The SMILES string of the molecule is CCCN(CCc1cccc(NC(=O)c2ccc(-c3ncccn3)cc2)c1)C1=Cc2ccccc2C1.Cl. The lowest BCUT2D eigenvalue weighted by Gasteiger charge is -2.26. The standard InChI is InChI=1S/C31H30N4O.ClH/c1-2-18-35(29-21-26-8-3-4-9-27(26)22-29)19-15-23-7-5-10-28(20-23)34-31(36)25-13-11-24(12-14-25)30-32-16-6-17-33-30;/h3-14,16-17,20-21H,2,15,18-19,22H2,1H3,(H,34,36);1H. The van der Waals surface area contributed by atoms with Gasteiger partial charge in [0.15, 0.2) is 5.82 Å². The third-order valence-corrected chi connectivity index (χ3v) is 6.47. The van der Waals surface area contributed by atoms with E-state index in [0.717, 1.165) is 43.6 Å². The summed E-state index contributed by atoms with van der Waals surface area (Å²) in [4.78, 5) is 23.9. The number of nitrogens with zero attached hydrogens (tertiary/aromatic N) is 3. The molecular weight excluding hydrogens is 480 g/mol. The lowest BCUT2D eigenvalue weighted by atomic mass is 10.1. The summed E-state index contributed by atoms with van der Waals surface area (Å²) in [5, 5.41) is 3.04. The molecule has 0 radical (unpaired) electrons. The van der Waals surface area contributed by atoms with Gasteiger partial charge >= 0.3 is 0 Å². The Labute approximate surface area is 224 Å². The Bertz CT molecular complexity index is 1370. The molecule has 5 rings (SSSR count). The summed E-state index contributed by atoms with van der Waals surface area (Å²) in [6, 6.07) is 25.9. The number of anilines is 1. The van der Waals surface area contributed by atoms with Crippen LogP contribution in [0.15, 0.2) is 97.0 Å². The number of hydrogen-bond donors (Lipinski definition) is 1. The number of rotatable bonds is 9. The first-order chi connectivity index (χ1) is 17.7. The normalized spacial score (nSPS) is 11.8. The van der Waals surface area contributed by atoms with Gasteiger partial charge in [0.2, 0.25) is 0 Å². The molecule has 1 heterocycles.